The van der Waals surface area contributed by atoms with Gasteiger partial charge in [-0.2, -0.15) is 18.3 Å². The molecule has 0 amide bonds. The van der Waals surface area contributed by atoms with Crippen LogP contribution in [0.2, 0.25) is 0 Å². The first-order chi connectivity index (χ1) is 7.54. The molecule has 16 heavy (non-hydrogen) atoms. The van der Waals surface area contributed by atoms with Crippen molar-refractivity contribution in [2.24, 2.45) is 0 Å². The highest BCUT2D eigenvalue weighted by atomic mass is 19.4. The second-order valence-corrected chi connectivity index (χ2v) is 3.28. The zero-order valence-corrected chi connectivity index (χ0v) is 8.15. The van der Waals surface area contributed by atoms with E-state index in [-0.39, 0.29) is 0 Å². The maximum atomic E-state index is 12.1. The van der Waals surface area contributed by atoms with Crippen molar-refractivity contribution in [2.45, 2.75) is 12.7 Å². The number of hydrogen-bond donors (Lipinski definition) is 0. The number of hydrogen-bond acceptors (Lipinski definition) is 2. The maximum Gasteiger partial charge on any atom is 0.408 e. The molecule has 0 saturated carbocycles. The minimum Gasteiger partial charge on any atom is -0.265 e. The third-order valence-corrected chi connectivity index (χ3v) is 1.99. The van der Waals surface area contributed by atoms with Crippen LogP contribution in [-0.4, -0.2) is 20.9 Å². The van der Waals surface area contributed by atoms with E-state index < -0.39 is 12.7 Å². The number of aromatic nitrogens is 3. The van der Waals surface area contributed by atoms with E-state index in [4.69, 9.17) is 0 Å². The quantitative estimate of drug-likeness (QED) is 0.789. The molecule has 0 fully saturated rings. The van der Waals surface area contributed by atoms with Gasteiger partial charge in [0.2, 0.25) is 0 Å². The van der Waals surface area contributed by atoms with Crippen molar-refractivity contribution in [3.05, 3.63) is 36.9 Å². The summed E-state index contributed by atoms with van der Waals surface area (Å²) in [6.07, 6.45) is 1.68. The van der Waals surface area contributed by atoms with Crippen LogP contribution in [0.25, 0.3) is 11.1 Å². The van der Waals surface area contributed by atoms with E-state index in [1.165, 1.54) is 12.4 Å². The smallest absolute Gasteiger partial charge is 0.265 e. The van der Waals surface area contributed by atoms with Gasteiger partial charge in [0, 0.05) is 24.2 Å². The van der Waals surface area contributed by atoms with Gasteiger partial charge in [0.25, 0.3) is 0 Å². The van der Waals surface area contributed by atoms with E-state index in [0.29, 0.717) is 5.56 Å². The van der Waals surface area contributed by atoms with E-state index in [2.05, 4.69) is 10.1 Å². The van der Waals surface area contributed by atoms with Gasteiger partial charge in [0.1, 0.15) is 6.54 Å². The first-order valence-electron chi connectivity index (χ1n) is 4.54. The molecule has 2 aromatic rings. The van der Waals surface area contributed by atoms with Gasteiger partial charge in [-0.25, -0.2) is 0 Å². The predicted octanol–water partition coefficient (Wildman–Crippen LogP) is 2.51. The summed E-state index contributed by atoms with van der Waals surface area (Å²) in [6, 6.07) is 3.43. The number of halogens is 3. The van der Waals surface area contributed by atoms with Crippen LogP contribution in [0.5, 0.6) is 0 Å². The van der Waals surface area contributed by atoms with E-state index in [1.807, 2.05) is 0 Å². The Morgan fingerprint density at radius 3 is 2.44 bits per heavy atom. The summed E-state index contributed by atoms with van der Waals surface area (Å²) in [6.45, 7) is -1.07. The van der Waals surface area contributed by atoms with E-state index in [1.54, 1.807) is 24.5 Å². The molecule has 2 rings (SSSR count). The zero-order valence-electron chi connectivity index (χ0n) is 8.15. The second kappa shape index (κ2) is 3.96. The Balaban J connectivity index is 2.21. The molecule has 0 spiro atoms. The highest BCUT2D eigenvalue weighted by Gasteiger charge is 2.28. The summed E-state index contributed by atoms with van der Waals surface area (Å²) in [5, 5.41) is 3.65. The van der Waals surface area contributed by atoms with Crippen LogP contribution in [-0.2, 0) is 6.54 Å². The molecule has 6 heteroatoms. The number of alkyl halides is 3. The summed E-state index contributed by atoms with van der Waals surface area (Å²) < 4.78 is 37.1. The van der Waals surface area contributed by atoms with E-state index >= 15 is 0 Å². The molecule has 0 radical (unpaired) electrons. The topological polar surface area (TPSA) is 30.7 Å². The van der Waals surface area contributed by atoms with Gasteiger partial charge in [0.05, 0.1) is 6.20 Å². The molecule has 0 N–H and O–H groups in total. The normalized spacial score (nSPS) is 11.7. The van der Waals surface area contributed by atoms with Crippen LogP contribution < -0.4 is 0 Å². The van der Waals surface area contributed by atoms with E-state index in [0.717, 1.165) is 10.2 Å². The van der Waals surface area contributed by atoms with Crippen LogP contribution in [0.4, 0.5) is 13.2 Å². The highest BCUT2D eigenvalue weighted by Crippen LogP contribution is 2.20. The highest BCUT2D eigenvalue weighted by molar-refractivity contribution is 5.60. The Kier molecular flexibility index (Phi) is 2.64. The van der Waals surface area contributed by atoms with Crippen molar-refractivity contribution in [1.29, 1.82) is 0 Å². The minimum absolute atomic E-state index is 0.645. The van der Waals surface area contributed by atoms with Crippen molar-refractivity contribution in [3.8, 4) is 11.1 Å². The summed E-state index contributed by atoms with van der Waals surface area (Å²) in [4.78, 5) is 3.83. The van der Waals surface area contributed by atoms with Crippen LogP contribution >= 0.6 is 0 Å². The van der Waals surface area contributed by atoms with Crippen molar-refractivity contribution < 1.29 is 13.2 Å². The van der Waals surface area contributed by atoms with Gasteiger partial charge < -0.3 is 0 Å². The summed E-state index contributed by atoms with van der Waals surface area (Å²) in [5.41, 5.74) is 1.44. The molecule has 0 aliphatic rings. The molecule has 0 aliphatic carbocycles. The lowest BCUT2D eigenvalue weighted by molar-refractivity contribution is -0.142. The lowest BCUT2D eigenvalue weighted by atomic mass is 10.1. The van der Waals surface area contributed by atoms with Gasteiger partial charge in [0.15, 0.2) is 0 Å². The summed E-state index contributed by atoms with van der Waals surface area (Å²) >= 11 is 0. The second-order valence-electron chi connectivity index (χ2n) is 3.28. The fourth-order valence-corrected chi connectivity index (χ4v) is 1.33. The van der Waals surface area contributed by atoms with Gasteiger partial charge in [-0.3, -0.25) is 9.67 Å². The molecule has 2 heterocycles. The van der Waals surface area contributed by atoms with Gasteiger partial charge in [-0.1, -0.05) is 0 Å². The van der Waals surface area contributed by atoms with Crippen LogP contribution in [0.15, 0.2) is 36.9 Å². The Morgan fingerprint density at radius 2 is 1.81 bits per heavy atom. The summed E-state index contributed by atoms with van der Waals surface area (Å²) in [7, 11) is 0. The molecule has 0 saturated heterocycles. The fourth-order valence-electron chi connectivity index (χ4n) is 1.33. The average Bonchev–Trinajstić information content (AvgIpc) is 2.65. The monoisotopic (exact) mass is 227 g/mol. The van der Waals surface area contributed by atoms with Gasteiger partial charge >= 0.3 is 6.18 Å². The largest absolute Gasteiger partial charge is 0.408 e. The molecule has 0 aromatic carbocycles. The van der Waals surface area contributed by atoms with Crippen LogP contribution in [0.3, 0.4) is 0 Å². The molecule has 0 aliphatic heterocycles. The summed E-state index contributed by atoms with van der Waals surface area (Å²) in [5.74, 6) is 0. The number of nitrogens with zero attached hydrogens (tertiary/aromatic N) is 3. The first kappa shape index (κ1) is 10.7. The third kappa shape index (κ3) is 2.59. The van der Waals surface area contributed by atoms with E-state index in [9.17, 15) is 13.2 Å². The Labute approximate surface area is 89.5 Å². The molecule has 0 atom stereocenters. The Morgan fingerprint density at radius 1 is 1.12 bits per heavy atom. The lowest BCUT2D eigenvalue weighted by Crippen LogP contribution is -2.17. The predicted molar refractivity (Wildman–Crippen MR) is 51.5 cm³/mol. The SMILES string of the molecule is FC(F)(F)Cn1cc(-c2ccncc2)cn1. The molecule has 0 bridgehead atoms. The Hall–Kier alpha value is -1.85. The third-order valence-electron chi connectivity index (χ3n) is 1.99. The standard InChI is InChI=1S/C10H8F3N3/c11-10(12,13)7-16-6-9(5-15-16)8-1-3-14-4-2-8/h1-6H,7H2. The van der Waals surface area contributed by atoms with Gasteiger partial charge in [-0.05, 0) is 17.7 Å². The minimum atomic E-state index is -4.25. The molecule has 0 unspecified atom stereocenters. The van der Waals surface area contributed by atoms with Crippen molar-refractivity contribution in [3.63, 3.8) is 0 Å². The lowest BCUT2D eigenvalue weighted by Gasteiger charge is -2.04. The number of pyridine rings is 1. The fraction of sp³-hybridized carbons (Fsp3) is 0.200. The number of rotatable bonds is 2. The van der Waals surface area contributed by atoms with Crippen molar-refractivity contribution in [2.75, 3.05) is 0 Å². The molecular formula is C10H8F3N3. The maximum absolute atomic E-state index is 12.1. The molecular weight excluding hydrogens is 219 g/mol. The van der Waals surface area contributed by atoms with Crippen LogP contribution in [0, 0.1) is 0 Å². The zero-order chi connectivity index (χ0) is 11.6. The van der Waals surface area contributed by atoms with Gasteiger partial charge in [-0.15, -0.1) is 0 Å². The first-order valence-corrected chi connectivity index (χ1v) is 4.54. The molecule has 84 valence electrons. The molecule has 3 nitrogen and oxygen atoms in total. The average molecular weight is 227 g/mol. The molecule has 2 aromatic heterocycles. The van der Waals surface area contributed by atoms with Crippen molar-refractivity contribution in [1.82, 2.24) is 14.8 Å². The van der Waals surface area contributed by atoms with Crippen molar-refractivity contribution >= 4 is 0 Å². The van der Waals surface area contributed by atoms with Crippen LogP contribution in [0.1, 0.15) is 0 Å². The Bertz CT molecular complexity index is 462.